The number of oxazole rings is 1. The molecule has 0 N–H and O–H groups in total. The van der Waals surface area contributed by atoms with Crippen LogP contribution in [0.15, 0.2) is 28.8 Å². The van der Waals surface area contributed by atoms with E-state index in [4.69, 9.17) is 4.42 Å². The summed E-state index contributed by atoms with van der Waals surface area (Å²) in [6.45, 7) is 1.70. The van der Waals surface area contributed by atoms with Crippen LogP contribution in [0.4, 0.5) is 11.4 Å². The van der Waals surface area contributed by atoms with E-state index in [0.717, 1.165) is 5.69 Å². The first-order valence-corrected chi connectivity index (χ1v) is 5.37. The Hall–Kier alpha value is -2.37. The molecule has 0 fully saturated rings. The Morgan fingerprint density at radius 3 is 2.61 bits per heavy atom. The summed E-state index contributed by atoms with van der Waals surface area (Å²) in [5.74, 6) is 0.889. The zero-order valence-corrected chi connectivity index (χ0v) is 10.4. The van der Waals surface area contributed by atoms with Gasteiger partial charge in [0.2, 0.25) is 0 Å². The average Bonchev–Trinajstić information content (AvgIpc) is 2.74. The van der Waals surface area contributed by atoms with Crippen LogP contribution in [0.5, 0.6) is 0 Å². The zero-order valence-electron chi connectivity index (χ0n) is 10.4. The first-order chi connectivity index (χ1) is 8.49. The van der Waals surface area contributed by atoms with E-state index < -0.39 is 4.92 Å². The summed E-state index contributed by atoms with van der Waals surface area (Å²) in [7, 11) is 3.66. The van der Waals surface area contributed by atoms with E-state index in [1.165, 1.54) is 12.3 Å². The monoisotopic (exact) mass is 247 g/mol. The van der Waals surface area contributed by atoms with Crippen molar-refractivity contribution in [2.24, 2.45) is 0 Å². The smallest absolute Gasteiger partial charge is 0.282 e. The van der Waals surface area contributed by atoms with Gasteiger partial charge in [-0.25, -0.2) is 4.98 Å². The van der Waals surface area contributed by atoms with Gasteiger partial charge < -0.3 is 9.32 Å². The number of nitro benzene ring substituents is 1. The molecule has 1 aromatic heterocycles. The van der Waals surface area contributed by atoms with Crippen LogP contribution in [0.3, 0.4) is 0 Å². The molecule has 18 heavy (non-hydrogen) atoms. The minimum absolute atomic E-state index is 0.0114. The lowest BCUT2D eigenvalue weighted by atomic mass is 10.1. The summed E-state index contributed by atoms with van der Waals surface area (Å²) in [5.41, 5.74) is 1.21. The van der Waals surface area contributed by atoms with Crippen LogP contribution in [-0.2, 0) is 0 Å². The Bertz CT molecular complexity index is 590. The largest absolute Gasteiger partial charge is 0.441 e. The highest BCUT2D eigenvalue weighted by molar-refractivity contribution is 5.73. The zero-order chi connectivity index (χ0) is 13.3. The lowest BCUT2D eigenvalue weighted by Crippen LogP contribution is -2.08. The Morgan fingerprint density at radius 1 is 1.39 bits per heavy atom. The fraction of sp³-hybridized carbons (Fsp3) is 0.250. The second-order valence-corrected chi connectivity index (χ2v) is 4.10. The van der Waals surface area contributed by atoms with Crippen LogP contribution >= 0.6 is 0 Å². The van der Waals surface area contributed by atoms with Gasteiger partial charge in [-0.2, -0.15) is 0 Å². The molecule has 94 valence electrons. The van der Waals surface area contributed by atoms with Gasteiger partial charge in [-0.1, -0.05) is 0 Å². The van der Waals surface area contributed by atoms with Gasteiger partial charge in [0.25, 0.3) is 5.69 Å². The molecule has 2 aromatic rings. The van der Waals surface area contributed by atoms with Gasteiger partial charge in [-0.05, 0) is 12.1 Å². The molecule has 0 atom stereocenters. The predicted octanol–water partition coefficient (Wildman–Crippen LogP) is 2.62. The maximum atomic E-state index is 11.1. The molecule has 0 radical (unpaired) electrons. The van der Waals surface area contributed by atoms with Gasteiger partial charge in [-0.15, -0.1) is 0 Å². The summed E-state index contributed by atoms with van der Waals surface area (Å²) in [4.78, 5) is 16.4. The van der Waals surface area contributed by atoms with Crippen molar-refractivity contribution >= 4 is 11.4 Å². The van der Waals surface area contributed by atoms with E-state index in [-0.39, 0.29) is 5.69 Å². The third kappa shape index (κ3) is 2.17. The molecule has 6 heteroatoms. The molecule has 0 aliphatic heterocycles. The summed E-state index contributed by atoms with van der Waals surface area (Å²) < 4.78 is 5.33. The number of rotatable bonds is 3. The number of hydrogen-bond acceptors (Lipinski definition) is 5. The van der Waals surface area contributed by atoms with Crippen molar-refractivity contribution in [2.75, 3.05) is 19.0 Å². The third-order valence-electron chi connectivity index (χ3n) is 2.58. The standard InChI is InChI=1S/C12H13N3O3/c1-8-13-7-12(18-8)10-5-4-9(14(2)3)6-11(10)15(16)17/h4-7H,1-3H3. The Morgan fingerprint density at radius 2 is 2.11 bits per heavy atom. The van der Waals surface area contributed by atoms with Crippen molar-refractivity contribution in [3.8, 4) is 11.3 Å². The van der Waals surface area contributed by atoms with E-state index in [1.807, 2.05) is 19.0 Å². The summed E-state index contributed by atoms with van der Waals surface area (Å²) >= 11 is 0. The topological polar surface area (TPSA) is 72.4 Å². The average molecular weight is 247 g/mol. The van der Waals surface area contributed by atoms with Gasteiger partial charge in [0.15, 0.2) is 11.7 Å². The molecular formula is C12H13N3O3. The number of hydrogen-bond donors (Lipinski definition) is 0. The SMILES string of the molecule is Cc1ncc(-c2ccc(N(C)C)cc2[N+](=O)[O-])o1. The Balaban J connectivity index is 2.57. The maximum Gasteiger partial charge on any atom is 0.282 e. The lowest BCUT2D eigenvalue weighted by Gasteiger charge is -2.12. The number of anilines is 1. The number of aromatic nitrogens is 1. The van der Waals surface area contributed by atoms with E-state index in [9.17, 15) is 10.1 Å². The van der Waals surface area contributed by atoms with Crippen LogP contribution in [0, 0.1) is 17.0 Å². The second-order valence-electron chi connectivity index (χ2n) is 4.10. The molecule has 6 nitrogen and oxygen atoms in total. The number of benzene rings is 1. The normalized spacial score (nSPS) is 10.4. The fourth-order valence-electron chi connectivity index (χ4n) is 1.64. The molecule has 0 unspecified atom stereocenters. The van der Waals surface area contributed by atoms with Crippen molar-refractivity contribution in [3.05, 3.63) is 40.4 Å². The first-order valence-electron chi connectivity index (χ1n) is 5.37. The van der Waals surface area contributed by atoms with Crippen LogP contribution in [0.1, 0.15) is 5.89 Å². The molecule has 1 aromatic carbocycles. The van der Waals surface area contributed by atoms with E-state index in [0.29, 0.717) is 17.2 Å². The van der Waals surface area contributed by atoms with E-state index in [1.54, 1.807) is 19.1 Å². The van der Waals surface area contributed by atoms with Gasteiger partial charge in [0.1, 0.15) is 0 Å². The first kappa shape index (κ1) is 12.1. The quantitative estimate of drug-likeness (QED) is 0.615. The lowest BCUT2D eigenvalue weighted by molar-refractivity contribution is -0.384. The van der Waals surface area contributed by atoms with Gasteiger partial charge in [0, 0.05) is 32.8 Å². The highest BCUT2D eigenvalue weighted by atomic mass is 16.6. The molecule has 0 bridgehead atoms. The molecular weight excluding hydrogens is 234 g/mol. The molecule has 0 aliphatic carbocycles. The summed E-state index contributed by atoms with van der Waals surface area (Å²) in [5, 5.41) is 11.1. The van der Waals surface area contributed by atoms with Gasteiger partial charge >= 0.3 is 0 Å². The van der Waals surface area contributed by atoms with E-state index >= 15 is 0 Å². The summed E-state index contributed by atoms with van der Waals surface area (Å²) in [6.07, 6.45) is 1.49. The van der Waals surface area contributed by atoms with Gasteiger partial charge in [0.05, 0.1) is 16.7 Å². The summed E-state index contributed by atoms with van der Waals surface area (Å²) in [6, 6.07) is 5.00. The molecule has 2 rings (SSSR count). The molecule has 0 saturated carbocycles. The van der Waals surface area contributed by atoms with Crippen LogP contribution in [0.2, 0.25) is 0 Å². The predicted molar refractivity (Wildman–Crippen MR) is 67.7 cm³/mol. The minimum atomic E-state index is -0.416. The van der Waals surface area contributed by atoms with Crippen molar-refractivity contribution < 1.29 is 9.34 Å². The van der Waals surface area contributed by atoms with Crippen molar-refractivity contribution in [1.29, 1.82) is 0 Å². The fourth-order valence-corrected chi connectivity index (χ4v) is 1.64. The van der Waals surface area contributed by atoms with Crippen LogP contribution < -0.4 is 4.90 Å². The van der Waals surface area contributed by atoms with Crippen LogP contribution in [0.25, 0.3) is 11.3 Å². The number of nitrogens with zero attached hydrogens (tertiary/aromatic N) is 3. The Labute approximate surface area is 104 Å². The molecule has 1 heterocycles. The molecule has 0 amide bonds. The van der Waals surface area contributed by atoms with E-state index in [2.05, 4.69) is 4.98 Å². The molecule has 0 saturated heterocycles. The highest BCUT2D eigenvalue weighted by Gasteiger charge is 2.19. The van der Waals surface area contributed by atoms with Crippen LogP contribution in [-0.4, -0.2) is 24.0 Å². The molecule has 0 spiro atoms. The van der Waals surface area contributed by atoms with Crippen molar-refractivity contribution in [3.63, 3.8) is 0 Å². The van der Waals surface area contributed by atoms with Gasteiger partial charge in [-0.3, -0.25) is 10.1 Å². The third-order valence-corrected chi connectivity index (χ3v) is 2.58. The van der Waals surface area contributed by atoms with Crippen molar-refractivity contribution in [2.45, 2.75) is 6.92 Å². The minimum Gasteiger partial charge on any atom is -0.441 e. The second kappa shape index (κ2) is 4.48. The number of aryl methyl sites for hydroxylation is 1. The maximum absolute atomic E-state index is 11.1. The highest BCUT2D eigenvalue weighted by Crippen LogP contribution is 2.33. The van der Waals surface area contributed by atoms with Crippen molar-refractivity contribution in [1.82, 2.24) is 4.98 Å². The number of nitro groups is 1. The Kier molecular flexibility index (Phi) is 3.01. The molecule has 0 aliphatic rings.